The van der Waals surface area contributed by atoms with Crippen LogP contribution in [0.25, 0.3) is 0 Å². The zero-order valence-corrected chi connectivity index (χ0v) is 17.6. The number of hydrogen-bond acceptors (Lipinski definition) is 8. The first-order valence-electron chi connectivity index (χ1n) is 6.81. The van der Waals surface area contributed by atoms with E-state index in [1.54, 1.807) is 0 Å². The molecule has 0 bridgehead atoms. The van der Waals surface area contributed by atoms with Gasteiger partial charge in [0.1, 0.15) is 0 Å². The molecule has 0 amide bonds. The van der Waals surface area contributed by atoms with Gasteiger partial charge in [0.2, 0.25) is 16.5 Å². The van der Waals surface area contributed by atoms with Crippen LogP contribution in [0.15, 0.2) is 17.1 Å². The third kappa shape index (κ3) is 57.0. The SMILES string of the molecule is C=C(C)C(=O)O.N=C(N)NCCCCNCCN=C=O.O=S(=O)([O-])O.[Na+]. The molecule has 0 aliphatic heterocycles. The van der Waals surface area contributed by atoms with Crippen molar-refractivity contribution in [1.29, 1.82) is 5.41 Å². The number of isocyanates is 1. The third-order valence-electron chi connectivity index (χ3n) is 1.93. The van der Waals surface area contributed by atoms with Gasteiger partial charge in [-0.15, -0.1) is 0 Å². The van der Waals surface area contributed by atoms with Crippen LogP contribution in [0.4, 0.5) is 0 Å². The van der Waals surface area contributed by atoms with E-state index in [1.165, 1.54) is 13.0 Å². The maximum atomic E-state index is 9.68. The van der Waals surface area contributed by atoms with Crippen molar-refractivity contribution in [3.63, 3.8) is 0 Å². The van der Waals surface area contributed by atoms with Gasteiger partial charge in [0, 0.05) is 18.7 Å². The van der Waals surface area contributed by atoms with E-state index >= 15 is 0 Å². The van der Waals surface area contributed by atoms with Gasteiger partial charge >= 0.3 is 35.5 Å². The van der Waals surface area contributed by atoms with Crippen LogP contribution in [0.1, 0.15) is 19.8 Å². The summed E-state index contributed by atoms with van der Waals surface area (Å²) in [5.41, 5.74) is 5.27. The van der Waals surface area contributed by atoms with Crippen molar-refractivity contribution >= 4 is 28.4 Å². The Hall–Kier alpha value is -1.31. The number of rotatable bonds is 9. The second-order valence-electron chi connectivity index (χ2n) is 4.28. The second-order valence-corrected chi connectivity index (χ2v) is 5.14. The summed E-state index contributed by atoms with van der Waals surface area (Å²) in [5.74, 6) is -0.923. The van der Waals surface area contributed by atoms with E-state index in [1.807, 2.05) is 0 Å². The molecule has 0 fully saturated rings. The average molecular weight is 405 g/mol. The predicted octanol–water partition coefficient (Wildman–Crippen LogP) is -4.17. The summed E-state index contributed by atoms with van der Waals surface area (Å²) >= 11 is 0. The summed E-state index contributed by atoms with van der Waals surface area (Å²) in [6.45, 7) is 7.40. The zero-order valence-electron chi connectivity index (χ0n) is 14.8. The molecule has 0 radical (unpaired) electrons. The molecule has 12 nitrogen and oxygen atoms in total. The van der Waals surface area contributed by atoms with Gasteiger partial charge < -0.3 is 26.0 Å². The quantitative estimate of drug-likeness (QED) is 0.0317. The Morgan fingerprint density at radius 1 is 1.35 bits per heavy atom. The maximum absolute atomic E-state index is 9.68. The van der Waals surface area contributed by atoms with Crippen LogP contribution in [0, 0.1) is 5.41 Å². The Labute approximate surface area is 174 Å². The Morgan fingerprint density at radius 2 is 1.77 bits per heavy atom. The third-order valence-corrected chi connectivity index (χ3v) is 1.93. The molecule has 0 rings (SSSR count). The molecule has 0 saturated heterocycles. The fourth-order valence-electron chi connectivity index (χ4n) is 0.904. The van der Waals surface area contributed by atoms with Crippen LogP contribution in [-0.4, -0.2) is 66.8 Å². The normalized spacial score (nSPS) is 8.88. The summed E-state index contributed by atoms with van der Waals surface area (Å²) in [6, 6.07) is 0. The number of carbonyl (C=O) groups excluding carboxylic acids is 1. The van der Waals surface area contributed by atoms with Crippen LogP contribution in [0.2, 0.25) is 0 Å². The van der Waals surface area contributed by atoms with Crippen LogP contribution >= 0.6 is 0 Å². The molecule has 14 heteroatoms. The van der Waals surface area contributed by atoms with Gasteiger partial charge in [0.05, 0.1) is 6.54 Å². The van der Waals surface area contributed by atoms with Crippen molar-refractivity contribution in [2.24, 2.45) is 10.7 Å². The second kappa shape index (κ2) is 21.7. The number of guanidine groups is 1. The maximum Gasteiger partial charge on any atom is 1.00 e. The average Bonchev–Trinajstić information content (AvgIpc) is 2.44. The molecule has 0 aliphatic rings. The minimum absolute atomic E-state index is 0. The molecule has 0 aromatic carbocycles. The smallest absolute Gasteiger partial charge is 0.726 e. The minimum atomic E-state index is -4.92. The summed E-state index contributed by atoms with van der Waals surface area (Å²) in [6.07, 6.45) is 3.45. The molecule has 0 aromatic rings. The molecule has 26 heavy (non-hydrogen) atoms. The molecule has 0 spiro atoms. The minimum Gasteiger partial charge on any atom is -0.726 e. The van der Waals surface area contributed by atoms with Crippen molar-refractivity contribution < 1.29 is 61.8 Å². The molecule has 0 heterocycles. The Bertz CT molecular complexity index is 522. The Kier molecular flexibility index (Phi) is 27.1. The van der Waals surface area contributed by atoms with E-state index in [9.17, 15) is 9.59 Å². The standard InChI is InChI=1S/C8H17N5O.C4H6O2.Na.H2O4S/c9-8(10)13-4-2-1-3-11-5-6-12-7-14;1-3(2)4(5)6;;1-5(2,3)4/h11H,1-6H2,(H4,9,10,13);1H2,2H3,(H,5,6);;(H2,1,2,3,4)/q;;+1;/p-1. The van der Waals surface area contributed by atoms with Crippen molar-refractivity contribution in [2.75, 3.05) is 26.2 Å². The van der Waals surface area contributed by atoms with Crippen molar-refractivity contribution in [3.8, 4) is 0 Å². The van der Waals surface area contributed by atoms with Gasteiger partial charge in [-0.3, -0.25) is 9.96 Å². The first-order valence-corrected chi connectivity index (χ1v) is 8.17. The Morgan fingerprint density at radius 3 is 2.12 bits per heavy atom. The Balaban J connectivity index is -0.000000168. The molecule has 7 N–H and O–H groups in total. The predicted molar refractivity (Wildman–Crippen MR) is 89.8 cm³/mol. The van der Waals surface area contributed by atoms with Crippen molar-refractivity contribution in [3.05, 3.63) is 12.2 Å². The number of nitrogens with one attached hydrogen (secondary N) is 3. The molecular weight excluding hydrogens is 381 g/mol. The number of carbonyl (C=O) groups is 1. The van der Waals surface area contributed by atoms with Gasteiger partial charge in [0.25, 0.3) is 0 Å². The van der Waals surface area contributed by atoms with Gasteiger partial charge in [-0.1, -0.05) is 6.58 Å². The zero-order chi connectivity index (χ0) is 20.3. The van der Waals surface area contributed by atoms with E-state index < -0.39 is 16.4 Å². The summed E-state index contributed by atoms with van der Waals surface area (Å²) in [7, 11) is -4.92. The molecule has 0 unspecified atom stereocenters. The fourth-order valence-corrected chi connectivity index (χ4v) is 0.904. The number of carboxylic acid groups (broad SMARTS) is 1. The van der Waals surface area contributed by atoms with Crippen LogP contribution in [0.3, 0.4) is 0 Å². The number of nitrogens with zero attached hydrogens (tertiary/aromatic N) is 1. The van der Waals surface area contributed by atoms with E-state index in [0.717, 1.165) is 25.9 Å². The van der Waals surface area contributed by atoms with Crippen LogP contribution in [-0.2, 0) is 20.0 Å². The number of nitrogens with two attached hydrogens (primary N) is 1. The number of unbranched alkanes of at least 4 members (excludes halogenated alkanes) is 1. The molecule has 0 atom stereocenters. The largest absolute Gasteiger partial charge is 1.00 e. The van der Waals surface area contributed by atoms with E-state index in [-0.39, 0.29) is 41.1 Å². The summed E-state index contributed by atoms with van der Waals surface area (Å²) < 4.78 is 32.8. The number of aliphatic imine (C=N–C) groups is 1. The van der Waals surface area contributed by atoms with E-state index in [0.29, 0.717) is 13.1 Å². The summed E-state index contributed by atoms with van der Waals surface area (Å²) in [5, 5.41) is 20.6. The van der Waals surface area contributed by atoms with Crippen molar-refractivity contribution in [2.45, 2.75) is 19.8 Å². The number of hydrogen-bond donors (Lipinski definition) is 6. The van der Waals surface area contributed by atoms with E-state index in [4.69, 9.17) is 33.8 Å². The first kappa shape index (κ1) is 32.4. The monoisotopic (exact) mass is 405 g/mol. The van der Waals surface area contributed by atoms with E-state index in [2.05, 4.69) is 22.2 Å². The van der Waals surface area contributed by atoms with Crippen LogP contribution < -0.4 is 45.9 Å². The van der Waals surface area contributed by atoms with Crippen molar-refractivity contribution in [1.82, 2.24) is 10.6 Å². The molecule has 0 aliphatic carbocycles. The van der Waals surface area contributed by atoms with Gasteiger partial charge in [-0.2, -0.15) is 0 Å². The molecule has 146 valence electrons. The first-order chi connectivity index (χ1) is 11.4. The fraction of sp³-hybridized carbons (Fsp3) is 0.583. The van der Waals surface area contributed by atoms with Crippen LogP contribution in [0.5, 0.6) is 0 Å². The topological polar surface area (TPSA) is 218 Å². The molecule has 0 aromatic heterocycles. The van der Waals surface area contributed by atoms with Gasteiger partial charge in [-0.05, 0) is 26.3 Å². The number of carboxylic acids is 1. The summed E-state index contributed by atoms with van der Waals surface area (Å²) in [4.78, 5) is 22.7. The molecular formula is C12H24N5NaO7S. The molecule has 0 saturated carbocycles. The van der Waals surface area contributed by atoms with Gasteiger partial charge in [-0.25, -0.2) is 23.0 Å². The number of aliphatic carboxylic acids is 1. The van der Waals surface area contributed by atoms with Gasteiger partial charge in [0.15, 0.2) is 5.96 Å².